The highest BCUT2D eigenvalue weighted by molar-refractivity contribution is 9.10. The fourth-order valence-corrected chi connectivity index (χ4v) is 3.69. The molecule has 2 aromatic heterocycles. The lowest BCUT2D eigenvalue weighted by atomic mass is 10.0. The van der Waals surface area contributed by atoms with Gasteiger partial charge in [0.2, 0.25) is 0 Å². The lowest BCUT2D eigenvalue weighted by Gasteiger charge is -2.20. The molecule has 0 saturated carbocycles. The summed E-state index contributed by atoms with van der Waals surface area (Å²) < 4.78 is 3.34. The average Bonchev–Trinajstić information content (AvgIpc) is 2.73. The van der Waals surface area contributed by atoms with E-state index in [1.807, 2.05) is 6.20 Å². The zero-order valence-corrected chi connectivity index (χ0v) is 11.3. The van der Waals surface area contributed by atoms with Crippen LogP contribution >= 0.6 is 27.7 Å². The van der Waals surface area contributed by atoms with Gasteiger partial charge in [-0.1, -0.05) is 0 Å². The molecule has 0 amide bonds. The van der Waals surface area contributed by atoms with Gasteiger partial charge in [0.1, 0.15) is 5.82 Å². The molecule has 3 heterocycles. The van der Waals surface area contributed by atoms with Gasteiger partial charge in [-0.05, 0) is 52.4 Å². The second kappa shape index (κ2) is 4.41. The summed E-state index contributed by atoms with van der Waals surface area (Å²) in [4.78, 5) is 4.59. The number of pyridine rings is 1. The van der Waals surface area contributed by atoms with E-state index in [1.54, 1.807) is 0 Å². The molecule has 1 aliphatic heterocycles. The first-order chi connectivity index (χ1) is 7.84. The SMILES string of the molecule is Brc1ccc2cnc(C3CCSCC3)n2c1. The van der Waals surface area contributed by atoms with Gasteiger partial charge in [0.25, 0.3) is 0 Å². The van der Waals surface area contributed by atoms with Crippen LogP contribution in [0.15, 0.2) is 29.0 Å². The predicted octanol–water partition coefficient (Wildman–Crippen LogP) is 3.71. The number of hydrogen-bond acceptors (Lipinski definition) is 2. The molecule has 0 atom stereocenters. The number of thioether (sulfide) groups is 1. The van der Waals surface area contributed by atoms with Gasteiger partial charge in [0, 0.05) is 16.6 Å². The van der Waals surface area contributed by atoms with E-state index in [4.69, 9.17) is 0 Å². The predicted molar refractivity (Wildman–Crippen MR) is 72.2 cm³/mol. The fraction of sp³-hybridized carbons (Fsp3) is 0.417. The summed E-state index contributed by atoms with van der Waals surface area (Å²) >= 11 is 5.58. The molecular weight excluding hydrogens is 284 g/mol. The first kappa shape index (κ1) is 10.7. The zero-order valence-electron chi connectivity index (χ0n) is 8.90. The van der Waals surface area contributed by atoms with Crippen molar-refractivity contribution in [2.24, 2.45) is 0 Å². The van der Waals surface area contributed by atoms with E-state index in [0.717, 1.165) is 4.47 Å². The lowest BCUT2D eigenvalue weighted by molar-refractivity contribution is 0.596. The van der Waals surface area contributed by atoms with Crippen LogP contribution < -0.4 is 0 Å². The van der Waals surface area contributed by atoms with Crippen LogP contribution in [0.25, 0.3) is 5.52 Å². The summed E-state index contributed by atoms with van der Waals surface area (Å²) in [5.74, 6) is 4.41. The van der Waals surface area contributed by atoms with Crippen LogP contribution in [0.2, 0.25) is 0 Å². The van der Waals surface area contributed by atoms with Crippen molar-refractivity contribution < 1.29 is 0 Å². The zero-order chi connectivity index (χ0) is 11.0. The van der Waals surface area contributed by atoms with Crippen molar-refractivity contribution in [3.8, 4) is 0 Å². The Morgan fingerprint density at radius 3 is 2.94 bits per heavy atom. The second-order valence-electron chi connectivity index (χ2n) is 4.15. The average molecular weight is 297 g/mol. The van der Waals surface area contributed by atoms with E-state index in [2.05, 4.69) is 55.4 Å². The summed E-state index contributed by atoms with van der Waals surface area (Å²) in [6.45, 7) is 0. The van der Waals surface area contributed by atoms with Gasteiger partial charge < -0.3 is 4.40 Å². The number of rotatable bonds is 1. The Bertz CT molecular complexity index is 503. The first-order valence-corrected chi connectivity index (χ1v) is 7.49. The molecule has 2 aromatic rings. The number of hydrogen-bond donors (Lipinski definition) is 0. The van der Waals surface area contributed by atoms with Crippen LogP contribution in [0.4, 0.5) is 0 Å². The topological polar surface area (TPSA) is 17.3 Å². The molecule has 1 saturated heterocycles. The Morgan fingerprint density at radius 1 is 1.31 bits per heavy atom. The van der Waals surface area contributed by atoms with E-state index >= 15 is 0 Å². The largest absolute Gasteiger partial charge is 0.302 e. The Morgan fingerprint density at radius 2 is 2.12 bits per heavy atom. The summed E-state index contributed by atoms with van der Waals surface area (Å²) in [6, 6.07) is 4.18. The minimum Gasteiger partial charge on any atom is -0.302 e. The van der Waals surface area contributed by atoms with Crippen molar-refractivity contribution in [2.75, 3.05) is 11.5 Å². The van der Waals surface area contributed by atoms with Crippen LogP contribution in [0.1, 0.15) is 24.6 Å². The molecule has 4 heteroatoms. The van der Waals surface area contributed by atoms with Crippen molar-refractivity contribution in [2.45, 2.75) is 18.8 Å². The molecule has 3 rings (SSSR count). The molecule has 0 bridgehead atoms. The van der Waals surface area contributed by atoms with Gasteiger partial charge >= 0.3 is 0 Å². The van der Waals surface area contributed by atoms with E-state index in [9.17, 15) is 0 Å². The molecule has 0 spiro atoms. The molecule has 0 aliphatic carbocycles. The number of nitrogens with zero attached hydrogens (tertiary/aromatic N) is 2. The van der Waals surface area contributed by atoms with E-state index in [1.165, 1.54) is 35.7 Å². The van der Waals surface area contributed by atoms with Crippen molar-refractivity contribution in [1.29, 1.82) is 0 Å². The summed E-state index contributed by atoms with van der Waals surface area (Å²) in [5.41, 5.74) is 1.19. The lowest BCUT2D eigenvalue weighted by Crippen LogP contribution is -2.11. The molecule has 0 N–H and O–H groups in total. The molecule has 1 fully saturated rings. The molecule has 1 aliphatic rings. The molecule has 0 aromatic carbocycles. The van der Waals surface area contributed by atoms with Crippen LogP contribution in [0.5, 0.6) is 0 Å². The minimum absolute atomic E-state index is 0.637. The highest BCUT2D eigenvalue weighted by Gasteiger charge is 2.19. The maximum Gasteiger partial charge on any atom is 0.116 e. The number of halogens is 1. The minimum atomic E-state index is 0.637. The van der Waals surface area contributed by atoms with Gasteiger partial charge in [0.05, 0.1) is 11.7 Å². The van der Waals surface area contributed by atoms with Crippen LogP contribution in [-0.2, 0) is 0 Å². The molecule has 0 unspecified atom stereocenters. The van der Waals surface area contributed by atoms with Gasteiger partial charge in [-0.15, -0.1) is 0 Å². The molecule has 2 nitrogen and oxygen atoms in total. The summed E-state index contributed by atoms with van der Waals surface area (Å²) in [5, 5.41) is 0. The first-order valence-electron chi connectivity index (χ1n) is 5.55. The molecule has 16 heavy (non-hydrogen) atoms. The standard InChI is InChI=1S/C12H13BrN2S/c13-10-1-2-11-7-14-12(15(11)8-10)9-3-5-16-6-4-9/h1-2,7-9H,3-6H2. The Balaban J connectivity index is 2.05. The van der Waals surface area contributed by atoms with Gasteiger partial charge in [0.15, 0.2) is 0 Å². The molecular formula is C12H13BrN2S. The number of imidazole rings is 1. The third-order valence-corrected chi connectivity index (χ3v) is 4.62. The normalized spacial score (nSPS) is 18.1. The molecule has 84 valence electrons. The number of fused-ring (bicyclic) bond motifs is 1. The second-order valence-corrected chi connectivity index (χ2v) is 6.29. The number of aromatic nitrogens is 2. The van der Waals surface area contributed by atoms with Crippen molar-refractivity contribution in [3.63, 3.8) is 0 Å². The maximum atomic E-state index is 4.59. The third-order valence-electron chi connectivity index (χ3n) is 3.11. The highest BCUT2D eigenvalue weighted by Crippen LogP contribution is 2.31. The Kier molecular flexibility index (Phi) is 2.94. The van der Waals surface area contributed by atoms with E-state index in [-0.39, 0.29) is 0 Å². The van der Waals surface area contributed by atoms with E-state index < -0.39 is 0 Å². The monoisotopic (exact) mass is 296 g/mol. The Hall–Kier alpha value is -0.480. The van der Waals surface area contributed by atoms with Crippen LogP contribution in [0.3, 0.4) is 0 Å². The maximum absolute atomic E-state index is 4.59. The smallest absolute Gasteiger partial charge is 0.116 e. The van der Waals surface area contributed by atoms with Crippen LogP contribution in [0, 0.1) is 0 Å². The van der Waals surface area contributed by atoms with Crippen molar-refractivity contribution in [1.82, 2.24) is 9.38 Å². The third kappa shape index (κ3) is 1.89. The summed E-state index contributed by atoms with van der Waals surface area (Å²) in [6.07, 6.45) is 6.62. The van der Waals surface area contributed by atoms with Crippen LogP contribution in [-0.4, -0.2) is 20.9 Å². The highest BCUT2D eigenvalue weighted by atomic mass is 79.9. The molecule has 0 radical (unpaired) electrons. The van der Waals surface area contributed by atoms with Crippen molar-refractivity contribution >= 4 is 33.2 Å². The summed E-state index contributed by atoms with van der Waals surface area (Å²) in [7, 11) is 0. The quantitative estimate of drug-likeness (QED) is 0.798. The fourth-order valence-electron chi connectivity index (χ4n) is 2.24. The van der Waals surface area contributed by atoms with E-state index in [0.29, 0.717) is 5.92 Å². The Labute approximate surface area is 108 Å². The van der Waals surface area contributed by atoms with Gasteiger partial charge in [-0.25, -0.2) is 4.98 Å². The van der Waals surface area contributed by atoms with Gasteiger partial charge in [-0.3, -0.25) is 0 Å². The van der Waals surface area contributed by atoms with Crippen molar-refractivity contribution in [3.05, 3.63) is 34.8 Å². The van der Waals surface area contributed by atoms with Gasteiger partial charge in [-0.2, -0.15) is 11.8 Å².